The summed E-state index contributed by atoms with van der Waals surface area (Å²) in [4.78, 5) is 29.8. The number of carbonyl (C=O) groups is 2. The summed E-state index contributed by atoms with van der Waals surface area (Å²) in [7, 11) is 0. The Morgan fingerprint density at radius 2 is 1.55 bits per heavy atom. The van der Waals surface area contributed by atoms with Crippen LogP contribution in [0.25, 0.3) is 0 Å². The number of esters is 2. The maximum Gasteiger partial charge on any atom is 0.323 e. The van der Waals surface area contributed by atoms with E-state index >= 15 is 0 Å². The topological polar surface area (TPSA) is 95.0 Å². The monoisotopic (exact) mass is 401 g/mol. The number of nitrogens with zero attached hydrogens (tertiary/aromatic N) is 1. The van der Waals surface area contributed by atoms with Crippen LogP contribution in [-0.2, 0) is 23.8 Å². The van der Waals surface area contributed by atoms with Crippen LogP contribution in [0.3, 0.4) is 0 Å². The lowest BCUT2D eigenvalue weighted by molar-refractivity contribution is -0.169. The normalized spacial score (nSPS) is 13.0. The molecule has 0 aliphatic heterocycles. The van der Waals surface area contributed by atoms with Crippen molar-refractivity contribution in [2.75, 3.05) is 19.8 Å². The van der Waals surface area contributed by atoms with E-state index in [1.54, 1.807) is 26.8 Å². The van der Waals surface area contributed by atoms with Crippen LogP contribution in [0.1, 0.15) is 37.9 Å². The number of benzene rings is 1. The number of aromatic hydroxyl groups is 1. The van der Waals surface area contributed by atoms with Gasteiger partial charge in [-0.2, -0.15) is 0 Å². The van der Waals surface area contributed by atoms with Gasteiger partial charge in [-0.05, 0) is 38.5 Å². The first kappa shape index (κ1) is 22.4. The Hall–Kier alpha value is -2.93. The molecule has 0 spiro atoms. The summed E-state index contributed by atoms with van der Waals surface area (Å²) < 4.78 is 16.3. The molecule has 2 aromatic rings. The summed E-state index contributed by atoms with van der Waals surface area (Å²) in [5.41, 5.74) is 1.36. The highest BCUT2D eigenvalue weighted by Crippen LogP contribution is 2.34. The molecule has 0 aliphatic rings. The quantitative estimate of drug-likeness (QED) is 0.483. The second-order valence-corrected chi connectivity index (χ2v) is 6.23. The minimum Gasteiger partial charge on any atom is -0.506 e. The molecule has 29 heavy (non-hydrogen) atoms. The third-order valence-electron chi connectivity index (χ3n) is 4.35. The third kappa shape index (κ3) is 5.77. The van der Waals surface area contributed by atoms with Crippen LogP contribution in [0.5, 0.6) is 5.75 Å². The van der Waals surface area contributed by atoms with Crippen LogP contribution in [-0.4, -0.2) is 48.0 Å². The molecule has 1 N–H and O–H groups in total. The van der Waals surface area contributed by atoms with Crippen LogP contribution in [0, 0.1) is 5.92 Å². The van der Waals surface area contributed by atoms with Crippen molar-refractivity contribution in [1.29, 1.82) is 0 Å². The largest absolute Gasteiger partial charge is 0.506 e. The molecule has 1 aromatic carbocycles. The second-order valence-electron chi connectivity index (χ2n) is 6.23. The number of rotatable bonds is 10. The van der Waals surface area contributed by atoms with Crippen molar-refractivity contribution < 1.29 is 28.9 Å². The molecule has 7 nitrogen and oxygen atoms in total. The van der Waals surface area contributed by atoms with Gasteiger partial charge in [0.05, 0.1) is 37.1 Å². The summed E-state index contributed by atoms with van der Waals surface area (Å²) in [6.07, 6.45) is 0.412. The zero-order chi connectivity index (χ0) is 21.2. The van der Waals surface area contributed by atoms with Gasteiger partial charge in [-0.15, -0.1) is 0 Å². The smallest absolute Gasteiger partial charge is 0.323 e. The van der Waals surface area contributed by atoms with Gasteiger partial charge in [-0.25, -0.2) is 0 Å². The molecule has 156 valence electrons. The van der Waals surface area contributed by atoms with Crippen molar-refractivity contribution in [3.8, 4) is 5.75 Å². The predicted octanol–water partition coefficient (Wildman–Crippen LogP) is 3.07. The molecule has 0 saturated heterocycles. The summed E-state index contributed by atoms with van der Waals surface area (Å²) in [6.45, 7) is 5.65. The zero-order valence-corrected chi connectivity index (χ0v) is 16.9. The van der Waals surface area contributed by atoms with E-state index in [0.29, 0.717) is 5.69 Å². The van der Waals surface area contributed by atoms with Crippen LogP contribution < -0.4 is 0 Å². The number of aromatic nitrogens is 1. The van der Waals surface area contributed by atoms with Gasteiger partial charge in [0.25, 0.3) is 0 Å². The number of ether oxygens (including phenoxy) is 3. The van der Waals surface area contributed by atoms with Crippen molar-refractivity contribution in [3.63, 3.8) is 0 Å². The van der Waals surface area contributed by atoms with Crippen molar-refractivity contribution in [2.45, 2.75) is 32.8 Å². The number of hydrogen-bond donors (Lipinski definition) is 1. The van der Waals surface area contributed by atoms with Gasteiger partial charge in [0, 0.05) is 6.61 Å². The summed E-state index contributed by atoms with van der Waals surface area (Å²) >= 11 is 0. The van der Waals surface area contributed by atoms with Crippen LogP contribution >= 0.6 is 0 Å². The van der Waals surface area contributed by atoms with Crippen LogP contribution in [0.2, 0.25) is 0 Å². The van der Waals surface area contributed by atoms with E-state index in [1.807, 2.05) is 30.3 Å². The first-order valence-electron chi connectivity index (χ1n) is 9.68. The molecular weight excluding hydrogens is 374 g/mol. The lowest BCUT2D eigenvalue weighted by atomic mass is 9.82. The molecule has 0 saturated carbocycles. The molecule has 0 aliphatic carbocycles. The fraction of sp³-hybridized carbons (Fsp3) is 0.409. The van der Waals surface area contributed by atoms with Gasteiger partial charge >= 0.3 is 11.9 Å². The third-order valence-corrected chi connectivity index (χ3v) is 4.35. The fourth-order valence-electron chi connectivity index (χ4n) is 3.18. The Bertz CT molecular complexity index is 760. The standard InChI is InChI=1S/C22H27NO6/c1-4-27-20(19(21(25)28-5-2)22(26)29-6-3)18(15-10-8-7-9-11-15)17-13-12-16(24)14-23-17/h7-14,18-20,24H,4-6H2,1-3H3. The lowest BCUT2D eigenvalue weighted by Crippen LogP contribution is -2.43. The van der Waals surface area contributed by atoms with E-state index in [1.165, 1.54) is 12.3 Å². The van der Waals surface area contributed by atoms with Crippen molar-refractivity contribution >= 4 is 11.9 Å². The summed E-state index contributed by atoms with van der Waals surface area (Å²) in [6, 6.07) is 12.5. The molecule has 1 heterocycles. The highest BCUT2D eigenvalue weighted by molar-refractivity contribution is 5.96. The molecule has 0 radical (unpaired) electrons. The average molecular weight is 401 g/mol. The molecule has 2 atom stereocenters. The minimum atomic E-state index is -1.28. The van der Waals surface area contributed by atoms with Crippen molar-refractivity contribution in [1.82, 2.24) is 4.98 Å². The maximum absolute atomic E-state index is 12.7. The van der Waals surface area contributed by atoms with Crippen molar-refractivity contribution in [2.24, 2.45) is 5.92 Å². The Labute approximate surface area is 170 Å². The Morgan fingerprint density at radius 1 is 0.931 bits per heavy atom. The van der Waals surface area contributed by atoms with Gasteiger partial charge in [-0.1, -0.05) is 30.3 Å². The van der Waals surface area contributed by atoms with Crippen LogP contribution in [0.4, 0.5) is 0 Å². The minimum absolute atomic E-state index is 0.0147. The van der Waals surface area contributed by atoms with E-state index < -0.39 is 29.9 Å². The van der Waals surface area contributed by atoms with E-state index in [4.69, 9.17) is 14.2 Å². The van der Waals surface area contributed by atoms with Gasteiger partial charge in [-0.3, -0.25) is 14.6 Å². The summed E-state index contributed by atoms with van der Waals surface area (Å²) in [5, 5.41) is 9.63. The molecule has 1 aromatic heterocycles. The molecule has 0 amide bonds. The molecule has 7 heteroatoms. The van der Waals surface area contributed by atoms with Gasteiger partial charge in [0.1, 0.15) is 5.75 Å². The Morgan fingerprint density at radius 3 is 2.03 bits per heavy atom. The molecule has 0 fully saturated rings. The van der Waals surface area contributed by atoms with Gasteiger partial charge < -0.3 is 19.3 Å². The van der Waals surface area contributed by atoms with Gasteiger partial charge in [0.2, 0.25) is 0 Å². The molecule has 2 unspecified atom stereocenters. The van der Waals surface area contributed by atoms with E-state index in [9.17, 15) is 14.7 Å². The highest BCUT2D eigenvalue weighted by Gasteiger charge is 2.44. The highest BCUT2D eigenvalue weighted by atomic mass is 16.6. The average Bonchev–Trinajstić information content (AvgIpc) is 2.71. The fourth-order valence-corrected chi connectivity index (χ4v) is 3.18. The first-order valence-corrected chi connectivity index (χ1v) is 9.68. The van der Waals surface area contributed by atoms with E-state index in [2.05, 4.69) is 4.98 Å². The second kappa shape index (κ2) is 11.2. The zero-order valence-electron chi connectivity index (χ0n) is 16.9. The van der Waals surface area contributed by atoms with E-state index in [0.717, 1.165) is 5.56 Å². The number of pyridine rings is 1. The SMILES string of the molecule is CCOC(=O)C(C(=O)OCC)C(OCC)C(c1ccccc1)c1ccc(O)cn1. The number of carbonyl (C=O) groups excluding carboxylic acids is 2. The van der Waals surface area contributed by atoms with Crippen LogP contribution in [0.15, 0.2) is 48.7 Å². The van der Waals surface area contributed by atoms with Crippen molar-refractivity contribution in [3.05, 3.63) is 59.9 Å². The Balaban J connectivity index is 2.60. The molecule has 2 rings (SSSR count). The predicted molar refractivity (Wildman–Crippen MR) is 106 cm³/mol. The van der Waals surface area contributed by atoms with Gasteiger partial charge in [0.15, 0.2) is 5.92 Å². The molecule has 0 bridgehead atoms. The van der Waals surface area contributed by atoms with E-state index in [-0.39, 0.29) is 25.6 Å². The number of hydrogen-bond acceptors (Lipinski definition) is 7. The first-order chi connectivity index (χ1) is 14.0. The summed E-state index contributed by atoms with van der Waals surface area (Å²) in [5.74, 6) is -3.24. The Kier molecular flexibility index (Phi) is 8.61. The lowest BCUT2D eigenvalue weighted by Gasteiger charge is -2.31. The maximum atomic E-state index is 12.7. The molecular formula is C22H27NO6.